The Morgan fingerprint density at radius 3 is 2.48 bits per heavy atom. The second-order valence-electron chi connectivity index (χ2n) is 6.57. The lowest BCUT2D eigenvalue weighted by Gasteiger charge is -2.36. The van der Waals surface area contributed by atoms with Crippen molar-refractivity contribution in [1.82, 2.24) is 5.32 Å². The van der Waals surface area contributed by atoms with Crippen LogP contribution in [0.15, 0.2) is 18.2 Å². The van der Waals surface area contributed by atoms with E-state index < -0.39 is 11.6 Å². The standard InChI is InChI=1S/C18H28N2O3/c1-13-7-6-8-14(2)16(13)23-12-15(21)11-20-18(17(19)22)9-4-3-5-10-18/h6-8,15,20-21H,3-5,9-12H2,1-2H3,(H2,19,22). The lowest BCUT2D eigenvalue weighted by Crippen LogP contribution is -2.58. The number of benzene rings is 1. The molecule has 1 aromatic rings. The fourth-order valence-electron chi connectivity index (χ4n) is 3.24. The molecule has 0 spiro atoms. The zero-order valence-electron chi connectivity index (χ0n) is 14.1. The summed E-state index contributed by atoms with van der Waals surface area (Å²) in [4.78, 5) is 11.8. The van der Waals surface area contributed by atoms with Gasteiger partial charge in [-0.3, -0.25) is 4.79 Å². The van der Waals surface area contributed by atoms with Gasteiger partial charge in [-0.25, -0.2) is 0 Å². The van der Waals surface area contributed by atoms with E-state index in [9.17, 15) is 9.90 Å². The van der Waals surface area contributed by atoms with Crippen molar-refractivity contribution in [2.75, 3.05) is 13.2 Å². The minimum absolute atomic E-state index is 0.188. The van der Waals surface area contributed by atoms with E-state index in [1.54, 1.807) is 0 Å². The van der Waals surface area contributed by atoms with E-state index in [0.29, 0.717) is 6.54 Å². The average molecular weight is 320 g/mol. The van der Waals surface area contributed by atoms with E-state index in [-0.39, 0.29) is 12.5 Å². The highest BCUT2D eigenvalue weighted by atomic mass is 16.5. The average Bonchev–Trinajstić information content (AvgIpc) is 2.53. The number of hydrogen-bond donors (Lipinski definition) is 3. The van der Waals surface area contributed by atoms with Gasteiger partial charge in [0.05, 0.1) is 5.54 Å². The Morgan fingerprint density at radius 1 is 1.30 bits per heavy atom. The van der Waals surface area contributed by atoms with Crippen LogP contribution < -0.4 is 15.8 Å². The largest absolute Gasteiger partial charge is 0.490 e. The molecule has 5 nitrogen and oxygen atoms in total. The quantitative estimate of drug-likeness (QED) is 0.715. The smallest absolute Gasteiger partial charge is 0.237 e. The molecule has 4 N–H and O–H groups in total. The monoisotopic (exact) mass is 320 g/mol. The third-order valence-electron chi connectivity index (χ3n) is 4.68. The Kier molecular flexibility index (Phi) is 6.02. The van der Waals surface area contributed by atoms with Gasteiger partial charge in [0, 0.05) is 6.54 Å². The Hall–Kier alpha value is -1.59. The maximum Gasteiger partial charge on any atom is 0.237 e. The number of aryl methyl sites for hydroxylation is 2. The van der Waals surface area contributed by atoms with Crippen molar-refractivity contribution in [3.8, 4) is 5.75 Å². The van der Waals surface area contributed by atoms with E-state index in [0.717, 1.165) is 49.0 Å². The minimum atomic E-state index is -0.688. The second kappa shape index (κ2) is 7.79. The molecular formula is C18H28N2O3. The van der Waals surface area contributed by atoms with E-state index in [4.69, 9.17) is 10.5 Å². The van der Waals surface area contributed by atoms with Crippen molar-refractivity contribution >= 4 is 5.91 Å². The number of aliphatic hydroxyl groups excluding tert-OH is 1. The summed E-state index contributed by atoms with van der Waals surface area (Å²) in [5.41, 5.74) is 7.00. The molecule has 1 aliphatic carbocycles. The molecule has 1 saturated carbocycles. The fourth-order valence-corrected chi connectivity index (χ4v) is 3.24. The molecule has 0 bridgehead atoms. The molecule has 5 heteroatoms. The Balaban J connectivity index is 1.87. The third-order valence-corrected chi connectivity index (χ3v) is 4.68. The zero-order valence-corrected chi connectivity index (χ0v) is 14.1. The topological polar surface area (TPSA) is 84.6 Å². The number of carbonyl (C=O) groups is 1. The molecule has 1 aromatic carbocycles. The van der Waals surface area contributed by atoms with Gasteiger partial charge < -0.3 is 20.9 Å². The summed E-state index contributed by atoms with van der Waals surface area (Å²) in [5.74, 6) is 0.494. The summed E-state index contributed by atoms with van der Waals surface area (Å²) in [6.07, 6.45) is 3.91. The molecule has 1 fully saturated rings. The Morgan fingerprint density at radius 2 is 1.91 bits per heavy atom. The molecule has 0 aromatic heterocycles. The van der Waals surface area contributed by atoms with Gasteiger partial charge >= 0.3 is 0 Å². The number of β-amino-alcohol motifs (C(OH)–C–C–N with tert-alkyl or cyclic N) is 1. The van der Waals surface area contributed by atoms with Crippen molar-refractivity contribution in [2.45, 2.75) is 57.6 Å². The van der Waals surface area contributed by atoms with Crippen LogP contribution in [0, 0.1) is 13.8 Å². The van der Waals surface area contributed by atoms with Crippen LogP contribution >= 0.6 is 0 Å². The molecule has 0 radical (unpaired) electrons. The number of primary amides is 1. The number of para-hydroxylation sites is 1. The van der Waals surface area contributed by atoms with Gasteiger partial charge in [-0.05, 0) is 37.8 Å². The summed E-state index contributed by atoms with van der Waals surface area (Å²) < 4.78 is 5.76. The maximum absolute atomic E-state index is 11.8. The fraction of sp³-hybridized carbons (Fsp3) is 0.611. The molecule has 23 heavy (non-hydrogen) atoms. The first-order chi connectivity index (χ1) is 10.9. The summed E-state index contributed by atoms with van der Waals surface area (Å²) in [6, 6.07) is 5.95. The second-order valence-corrected chi connectivity index (χ2v) is 6.57. The predicted molar refractivity (Wildman–Crippen MR) is 90.4 cm³/mol. The highest BCUT2D eigenvalue weighted by Crippen LogP contribution is 2.28. The lowest BCUT2D eigenvalue weighted by molar-refractivity contribution is -0.126. The van der Waals surface area contributed by atoms with Gasteiger partial charge in [0.2, 0.25) is 5.91 Å². The van der Waals surface area contributed by atoms with Gasteiger partial charge in [-0.1, -0.05) is 37.5 Å². The summed E-state index contributed by atoms with van der Waals surface area (Å²) in [6.45, 7) is 4.45. The van der Waals surface area contributed by atoms with Crippen LogP contribution in [0.5, 0.6) is 5.75 Å². The molecule has 1 aliphatic rings. The van der Waals surface area contributed by atoms with E-state index >= 15 is 0 Å². The van der Waals surface area contributed by atoms with Gasteiger partial charge in [0.15, 0.2) is 0 Å². The molecule has 1 amide bonds. The number of rotatable bonds is 7. The normalized spacial score (nSPS) is 18.4. The van der Waals surface area contributed by atoms with Gasteiger partial charge in [0.25, 0.3) is 0 Å². The highest BCUT2D eigenvalue weighted by molar-refractivity contribution is 5.84. The van der Waals surface area contributed by atoms with Gasteiger partial charge in [-0.2, -0.15) is 0 Å². The number of hydrogen-bond acceptors (Lipinski definition) is 4. The number of amides is 1. The predicted octanol–water partition coefficient (Wildman–Crippen LogP) is 1.82. The van der Waals surface area contributed by atoms with E-state index in [1.165, 1.54) is 0 Å². The highest BCUT2D eigenvalue weighted by Gasteiger charge is 2.37. The number of aliphatic hydroxyl groups is 1. The van der Waals surface area contributed by atoms with Crippen LogP contribution in [0.25, 0.3) is 0 Å². The molecule has 0 aliphatic heterocycles. The molecule has 128 valence electrons. The SMILES string of the molecule is Cc1cccc(C)c1OCC(O)CNC1(C(N)=O)CCCCC1. The summed E-state index contributed by atoms with van der Waals surface area (Å²) in [5, 5.41) is 13.4. The zero-order chi connectivity index (χ0) is 16.9. The molecule has 0 saturated heterocycles. The first-order valence-corrected chi connectivity index (χ1v) is 8.36. The van der Waals surface area contributed by atoms with Crippen LogP contribution in [0.1, 0.15) is 43.2 Å². The molecule has 0 heterocycles. The number of nitrogens with two attached hydrogens (primary N) is 1. The molecular weight excluding hydrogens is 292 g/mol. The summed E-state index contributed by atoms with van der Waals surface area (Å²) >= 11 is 0. The molecule has 1 unspecified atom stereocenters. The van der Waals surface area contributed by atoms with E-state index in [2.05, 4.69) is 5.32 Å². The third kappa shape index (κ3) is 4.45. The van der Waals surface area contributed by atoms with Crippen molar-refractivity contribution < 1.29 is 14.6 Å². The number of carbonyl (C=O) groups excluding carboxylic acids is 1. The van der Waals surface area contributed by atoms with Crippen LogP contribution in [0.3, 0.4) is 0 Å². The Bertz CT molecular complexity index is 519. The maximum atomic E-state index is 11.8. The van der Waals surface area contributed by atoms with Crippen LogP contribution in [-0.4, -0.2) is 35.8 Å². The van der Waals surface area contributed by atoms with Crippen molar-refractivity contribution in [1.29, 1.82) is 0 Å². The van der Waals surface area contributed by atoms with Crippen LogP contribution in [0.4, 0.5) is 0 Å². The van der Waals surface area contributed by atoms with Crippen molar-refractivity contribution in [3.05, 3.63) is 29.3 Å². The Labute approximate surface area is 138 Å². The number of nitrogens with one attached hydrogen (secondary N) is 1. The van der Waals surface area contributed by atoms with Crippen LogP contribution in [-0.2, 0) is 4.79 Å². The van der Waals surface area contributed by atoms with Crippen LogP contribution in [0.2, 0.25) is 0 Å². The van der Waals surface area contributed by atoms with E-state index in [1.807, 2.05) is 32.0 Å². The summed E-state index contributed by atoms with van der Waals surface area (Å²) in [7, 11) is 0. The van der Waals surface area contributed by atoms with Crippen molar-refractivity contribution in [2.24, 2.45) is 5.73 Å². The van der Waals surface area contributed by atoms with Crippen molar-refractivity contribution in [3.63, 3.8) is 0 Å². The lowest BCUT2D eigenvalue weighted by atomic mass is 9.81. The van der Waals surface area contributed by atoms with Gasteiger partial charge in [-0.15, -0.1) is 0 Å². The minimum Gasteiger partial charge on any atom is -0.490 e. The first kappa shape index (κ1) is 17.8. The molecule has 2 rings (SSSR count). The first-order valence-electron chi connectivity index (χ1n) is 8.36. The van der Waals surface area contributed by atoms with Gasteiger partial charge in [0.1, 0.15) is 18.5 Å². The number of ether oxygens (including phenoxy) is 1. The molecule has 1 atom stereocenters.